The fourth-order valence-corrected chi connectivity index (χ4v) is 1.63. The first-order chi connectivity index (χ1) is 7.76. The van der Waals surface area contributed by atoms with Gasteiger partial charge in [-0.05, 0) is 12.1 Å². The maximum Gasteiger partial charge on any atom is 0.342 e. The quantitative estimate of drug-likeness (QED) is 0.585. The largest absolute Gasteiger partial charge is 0.422 e. The van der Waals surface area contributed by atoms with Gasteiger partial charge in [-0.25, -0.2) is 4.79 Å². The van der Waals surface area contributed by atoms with Crippen LogP contribution in [0.5, 0.6) is 0 Å². The van der Waals surface area contributed by atoms with E-state index >= 15 is 0 Å². The van der Waals surface area contributed by atoms with Gasteiger partial charge in [-0.3, -0.25) is 0 Å². The molecule has 0 aliphatic heterocycles. The molecular weight excluding hydrogens is 204 g/mol. The Bertz CT molecular complexity index is 569. The zero-order valence-corrected chi connectivity index (χ0v) is 8.97. The van der Waals surface area contributed by atoms with Crippen molar-refractivity contribution >= 4 is 11.0 Å². The van der Waals surface area contributed by atoms with Crippen LogP contribution >= 0.6 is 0 Å². The number of methoxy groups -OCH3 is 1. The van der Waals surface area contributed by atoms with Gasteiger partial charge >= 0.3 is 5.63 Å². The van der Waals surface area contributed by atoms with E-state index in [0.717, 1.165) is 5.39 Å². The van der Waals surface area contributed by atoms with Crippen LogP contribution in [-0.4, -0.2) is 7.11 Å². The van der Waals surface area contributed by atoms with E-state index in [4.69, 9.17) is 9.15 Å². The van der Waals surface area contributed by atoms with Gasteiger partial charge in [0.2, 0.25) is 0 Å². The molecule has 0 saturated carbocycles. The fourth-order valence-electron chi connectivity index (χ4n) is 1.63. The van der Waals surface area contributed by atoms with Crippen molar-refractivity contribution in [2.24, 2.45) is 0 Å². The minimum atomic E-state index is -0.430. The van der Waals surface area contributed by atoms with Crippen LogP contribution < -0.4 is 5.63 Å². The van der Waals surface area contributed by atoms with E-state index in [9.17, 15) is 4.79 Å². The summed E-state index contributed by atoms with van der Waals surface area (Å²) in [4.78, 5) is 11.7. The summed E-state index contributed by atoms with van der Waals surface area (Å²) < 4.78 is 10.3. The molecule has 2 rings (SSSR count). The Labute approximate surface area is 93.0 Å². The maximum absolute atomic E-state index is 11.7. The van der Waals surface area contributed by atoms with Gasteiger partial charge in [-0.2, -0.15) is 0 Å². The summed E-state index contributed by atoms with van der Waals surface area (Å²) >= 11 is 0. The monoisotopic (exact) mass is 216 g/mol. The summed E-state index contributed by atoms with van der Waals surface area (Å²) in [7, 11) is 1.53. The van der Waals surface area contributed by atoms with Gasteiger partial charge in [0.1, 0.15) is 11.7 Å². The van der Waals surface area contributed by atoms with E-state index in [0.29, 0.717) is 11.1 Å². The lowest BCUT2D eigenvalue weighted by molar-refractivity contribution is 0.140. The fraction of sp³-hybridized carbons (Fsp3) is 0.154. The van der Waals surface area contributed by atoms with Crippen LogP contribution in [0.25, 0.3) is 11.0 Å². The lowest BCUT2D eigenvalue weighted by Crippen LogP contribution is -2.12. The third kappa shape index (κ3) is 1.77. The third-order valence-corrected chi connectivity index (χ3v) is 2.44. The van der Waals surface area contributed by atoms with Crippen molar-refractivity contribution in [1.29, 1.82) is 0 Å². The number of ether oxygens (including phenoxy) is 1. The van der Waals surface area contributed by atoms with Crippen LogP contribution in [0, 0.1) is 0 Å². The van der Waals surface area contributed by atoms with E-state index in [1.165, 1.54) is 7.11 Å². The third-order valence-electron chi connectivity index (χ3n) is 2.44. The molecule has 16 heavy (non-hydrogen) atoms. The molecule has 1 heterocycles. The number of para-hydroxylation sites is 1. The molecule has 1 aromatic carbocycles. The van der Waals surface area contributed by atoms with E-state index in [1.807, 2.05) is 18.2 Å². The highest BCUT2D eigenvalue weighted by molar-refractivity contribution is 5.76. The summed E-state index contributed by atoms with van der Waals surface area (Å²) in [6.07, 6.45) is 1.14. The molecule has 0 amide bonds. The predicted molar refractivity (Wildman–Crippen MR) is 62.4 cm³/mol. The van der Waals surface area contributed by atoms with Gasteiger partial charge in [-0.15, -0.1) is 6.58 Å². The Morgan fingerprint density at radius 3 is 2.88 bits per heavy atom. The zero-order valence-electron chi connectivity index (χ0n) is 8.97. The van der Waals surface area contributed by atoms with Crippen LogP contribution in [-0.2, 0) is 4.74 Å². The minimum Gasteiger partial charge on any atom is -0.422 e. The van der Waals surface area contributed by atoms with Gasteiger partial charge in [-0.1, -0.05) is 24.3 Å². The van der Waals surface area contributed by atoms with E-state index in [1.54, 1.807) is 18.2 Å². The summed E-state index contributed by atoms with van der Waals surface area (Å²) in [6.45, 7) is 3.62. The molecule has 82 valence electrons. The molecular formula is C13H12O3. The topological polar surface area (TPSA) is 39.4 Å². The first-order valence-electron chi connectivity index (χ1n) is 4.94. The predicted octanol–water partition coefficient (Wildman–Crippen LogP) is 2.67. The highest BCUT2D eigenvalue weighted by atomic mass is 16.5. The van der Waals surface area contributed by atoms with Crippen molar-refractivity contribution < 1.29 is 9.15 Å². The molecule has 1 unspecified atom stereocenters. The van der Waals surface area contributed by atoms with Crippen molar-refractivity contribution in [2.75, 3.05) is 7.11 Å². The molecule has 2 aromatic rings. The molecule has 1 aromatic heterocycles. The Morgan fingerprint density at radius 1 is 1.44 bits per heavy atom. The van der Waals surface area contributed by atoms with Crippen molar-refractivity contribution in [3.8, 4) is 0 Å². The van der Waals surface area contributed by atoms with E-state index in [-0.39, 0.29) is 5.63 Å². The molecule has 0 N–H and O–H groups in total. The number of benzene rings is 1. The molecule has 3 nitrogen and oxygen atoms in total. The number of fused-ring (bicyclic) bond motifs is 1. The van der Waals surface area contributed by atoms with Gasteiger partial charge in [0, 0.05) is 12.5 Å². The zero-order chi connectivity index (χ0) is 11.5. The van der Waals surface area contributed by atoms with Gasteiger partial charge in [0.25, 0.3) is 0 Å². The molecule has 0 fully saturated rings. The summed E-state index contributed by atoms with van der Waals surface area (Å²) in [5.41, 5.74) is 0.664. The van der Waals surface area contributed by atoms with Gasteiger partial charge in [0.15, 0.2) is 0 Å². The summed E-state index contributed by atoms with van der Waals surface area (Å²) in [5, 5.41) is 0.876. The average Bonchev–Trinajstić information content (AvgIpc) is 2.31. The van der Waals surface area contributed by atoms with Crippen LogP contribution in [0.2, 0.25) is 0 Å². The standard InChI is InChI=1S/C13H12O3/c1-3-11(15-2)10-8-9-6-4-5-7-12(9)16-13(10)14/h3-8,11H,1H2,2H3. The Balaban J connectivity index is 2.66. The van der Waals surface area contributed by atoms with Gasteiger partial charge in [0.05, 0.1) is 5.56 Å². The Hall–Kier alpha value is -1.87. The minimum absolute atomic E-state index is 0.384. The molecule has 0 spiro atoms. The summed E-state index contributed by atoms with van der Waals surface area (Å²) in [6, 6.07) is 9.14. The van der Waals surface area contributed by atoms with Crippen molar-refractivity contribution in [3.63, 3.8) is 0 Å². The molecule has 0 aliphatic rings. The lowest BCUT2D eigenvalue weighted by atomic mass is 10.1. The number of hydrogen-bond donors (Lipinski definition) is 0. The highest BCUT2D eigenvalue weighted by Gasteiger charge is 2.12. The van der Waals surface area contributed by atoms with Crippen LogP contribution in [0.15, 0.2) is 52.2 Å². The maximum atomic E-state index is 11.7. The molecule has 3 heteroatoms. The second-order valence-corrected chi connectivity index (χ2v) is 3.42. The van der Waals surface area contributed by atoms with Crippen molar-refractivity contribution in [3.05, 3.63) is 59.0 Å². The smallest absolute Gasteiger partial charge is 0.342 e. The van der Waals surface area contributed by atoms with E-state index in [2.05, 4.69) is 6.58 Å². The van der Waals surface area contributed by atoms with Crippen LogP contribution in [0.1, 0.15) is 11.7 Å². The van der Waals surface area contributed by atoms with Crippen molar-refractivity contribution in [1.82, 2.24) is 0 Å². The molecule has 0 bridgehead atoms. The SMILES string of the molecule is C=CC(OC)c1cc2ccccc2oc1=O. The highest BCUT2D eigenvalue weighted by Crippen LogP contribution is 2.19. The Kier molecular flexibility index (Phi) is 2.88. The van der Waals surface area contributed by atoms with Crippen LogP contribution in [0.3, 0.4) is 0 Å². The first kappa shape index (κ1) is 10.6. The Morgan fingerprint density at radius 2 is 2.19 bits per heavy atom. The molecule has 0 saturated heterocycles. The summed E-state index contributed by atoms with van der Waals surface area (Å²) in [5.74, 6) is 0. The molecule has 0 radical (unpaired) electrons. The lowest BCUT2D eigenvalue weighted by Gasteiger charge is -2.09. The normalized spacial score (nSPS) is 12.6. The van der Waals surface area contributed by atoms with Crippen molar-refractivity contribution in [2.45, 2.75) is 6.10 Å². The molecule has 0 aliphatic carbocycles. The molecule has 1 atom stereocenters. The first-order valence-corrected chi connectivity index (χ1v) is 4.94. The van der Waals surface area contributed by atoms with E-state index < -0.39 is 6.10 Å². The van der Waals surface area contributed by atoms with Gasteiger partial charge < -0.3 is 9.15 Å². The number of hydrogen-bond acceptors (Lipinski definition) is 3. The number of rotatable bonds is 3. The van der Waals surface area contributed by atoms with Crippen LogP contribution in [0.4, 0.5) is 0 Å². The average molecular weight is 216 g/mol. The second kappa shape index (κ2) is 4.33. The second-order valence-electron chi connectivity index (χ2n) is 3.42.